The van der Waals surface area contributed by atoms with Crippen molar-refractivity contribution in [3.8, 4) is 6.07 Å². The standard InChI is InChI=1S/C21H18N2O2S/c1-16-2-8-20(9-3-16)26(24,25)15-21(19-10-12-23-13-11-19)18-6-4-17(14-22)5-7-18/h2-13,21H,15H2,1H3/t21-/m1/s1. The van der Waals surface area contributed by atoms with E-state index in [1.54, 1.807) is 48.8 Å². The summed E-state index contributed by atoms with van der Waals surface area (Å²) in [6.07, 6.45) is 3.31. The summed E-state index contributed by atoms with van der Waals surface area (Å²) in [6, 6.07) is 19.7. The van der Waals surface area contributed by atoms with E-state index in [-0.39, 0.29) is 11.7 Å². The first kappa shape index (κ1) is 17.8. The molecule has 0 aliphatic rings. The lowest BCUT2D eigenvalue weighted by molar-refractivity contribution is 0.592. The molecule has 1 atom stereocenters. The van der Waals surface area contributed by atoms with Gasteiger partial charge in [-0.2, -0.15) is 5.26 Å². The second-order valence-electron chi connectivity index (χ2n) is 6.16. The second kappa shape index (κ2) is 7.51. The van der Waals surface area contributed by atoms with E-state index in [0.717, 1.165) is 16.7 Å². The third kappa shape index (κ3) is 3.98. The monoisotopic (exact) mass is 362 g/mol. The third-order valence-corrected chi connectivity index (χ3v) is 6.08. The molecule has 130 valence electrons. The molecule has 26 heavy (non-hydrogen) atoms. The molecule has 5 heteroatoms. The molecule has 0 radical (unpaired) electrons. The Kier molecular flexibility index (Phi) is 5.15. The van der Waals surface area contributed by atoms with Gasteiger partial charge in [-0.3, -0.25) is 4.98 Å². The van der Waals surface area contributed by atoms with Gasteiger partial charge >= 0.3 is 0 Å². The fourth-order valence-corrected chi connectivity index (χ4v) is 4.40. The number of hydrogen-bond acceptors (Lipinski definition) is 4. The van der Waals surface area contributed by atoms with Gasteiger partial charge in [0.2, 0.25) is 0 Å². The summed E-state index contributed by atoms with van der Waals surface area (Å²) in [4.78, 5) is 4.34. The molecule has 0 aliphatic heterocycles. The number of aromatic nitrogens is 1. The van der Waals surface area contributed by atoms with Crippen molar-refractivity contribution >= 4 is 9.84 Å². The predicted molar refractivity (Wildman–Crippen MR) is 100 cm³/mol. The van der Waals surface area contributed by atoms with Crippen molar-refractivity contribution < 1.29 is 8.42 Å². The highest BCUT2D eigenvalue weighted by Crippen LogP contribution is 2.28. The molecule has 0 saturated heterocycles. The molecule has 0 spiro atoms. The zero-order valence-corrected chi connectivity index (χ0v) is 15.1. The topological polar surface area (TPSA) is 70.8 Å². The van der Waals surface area contributed by atoms with Crippen LogP contribution in [0.3, 0.4) is 0 Å². The molecule has 0 unspecified atom stereocenters. The average Bonchev–Trinajstić information content (AvgIpc) is 2.67. The van der Waals surface area contributed by atoms with Crippen LogP contribution in [0.15, 0.2) is 78.0 Å². The highest BCUT2D eigenvalue weighted by Gasteiger charge is 2.24. The Morgan fingerprint density at radius 2 is 1.50 bits per heavy atom. The summed E-state index contributed by atoms with van der Waals surface area (Å²) < 4.78 is 25.9. The first-order chi connectivity index (χ1) is 12.5. The molecule has 0 saturated carbocycles. The Labute approximate surface area is 153 Å². The molecule has 0 bridgehead atoms. The first-order valence-electron chi connectivity index (χ1n) is 8.19. The molecule has 1 heterocycles. The minimum atomic E-state index is -3.47. The van der Waals surface area contributed by atoms with E-state index in [2.05, 4.69) is 11.1 Å². The van der Waals surface area contributed by atoms with Gasteiger partial charge in [0.15, 0.2) is 9.84 Å². The maximum atomic E-state index is 13.0. The van der Waals surface area contributed by atoms with E-state index >= 15 is 0 Å². The number of sulfone groups is 1. The van der Waals surface area contributed by atoms with Crippen LogP contribution in [0.2, 0.25) is 0 Å². The fourth-order valence-electron chi connectivity index (χ4n) is 2.83. The molecule has 3 aromatic rings. The van der Waals surface area contributed by atoms with E-state index < -0.39 is 9.84 Å². The van der Waals surface area contributed by atoms with Crippen LogP contribution in [-0.4, -0.2) is 19.2 Å². The molecule has 0 N–H and O–H groups in total. The van der Waals surface area contributed by atoms with Gasteiger partial charge in [0.05, 0.1) is 22.3 Å². The summed E-state index contributed by atoms with van der Waals surface area (Å²) in [5.41, 5.74) is 3.29. The molecular weight excluding hydrogens is 344 g/mol. The molecule has 2 aromatic carbocycles. The fraction of sp³-hybridized carbons (Fsp3) is 0.143. The normalized spacial score (nSPS) is 12.3. The lowest BCUT2D eigenvalue weighted by Gasteiger charge is -2.18. The van der Waals surface area contributed by atoms with Crippen molar-refractivity contribution in [2.24, 2.45) is 0 Å². The van der Waals surface area contributed by atoms with E-state index in [0.29, 0.717) is 10.5 Å². The van der Waals surface area contributed by atoms with Crippen molar-refractivity contribution in [3.63, 3.8) is 0 Å². The van der Waals surface area contributed by atoms with Crippen LogP contribution in [0, 0.1) is 18.3 Å². The molecular formula is C21H18N2O2S. The summed E-state index contributed by atoms with van der Waals surface area (Å²) >= 11 is 0. The van der Waals surface area contributed by atoms with Crippen molar-refractivity contribution in [1.29, 1.82) is 5.26 Å². The summed E-state index contributed by atoms with van der Waals surface area (Å²) in [5.74, 6) is -0.386. The van der Waals surface area contributed by atoms with Gasteiger partial charge in [0.25, 0.3) is 0 Å². The van der Waals surface area contributed by atoms with E-state index in [1.807, 2.05) is 31.2 Å². The summed E-state index contributed by atoms with van der Waals surface area (Å²) in [7, 11) is -3.47. The SMILES string of the molecule is Cc1ccc(S(=O)(=O)C[C@@H](c2ccncc2)c2ccc(C#N)cc2)cc1. The third-order valence-electron chi connectivity index (χ3n) is 4.32. The minimum absolute atomic E-state index is 0.0496. The van der Waals surface area contributed by atoms with Crippen LogP contribution in [-0.2, 0) is 9.84 Å². The maximum Gasteiger partial charge on any atom is 0.179 e. The van der Waals surface area contributed by atoms with Gasteiger partial charge in [-0.15, -0.1) is 0 Å². The number of benzene rings is 2. The van der Waals surface area contributed by atoms with E-state index in [9.17, 15) is 8.42 Å². The number of nitriles is 1. The summed E-state index contributed by atoms with van der Waals surface area (Å²) in [5, 5.41) is 8.99. The molecule has 0 fully saturated rings. The lowest BCUT2D eigenvalue weighted by atomic mass is 9.93. The Morgan fingerprint density at radius 1 is 0.923 bits per heavy atom. The molecule has 0 amide bonds. The van der Waals surface area contributed by atoms with Crippen LogP contribution in [0.25, 0.3) is 0 Å². The van der Waals surface area contributed by atoms with Crippen LogP contribution >= 0.6 is 0 Å². The highest BCUT2D eigenvalue weighted by molar-refractivity contribution is 7.91. The van der Waals surface area contributed by atoms with Gasteiger partial charge < -0.3 is 0 Å². The number of nitrogens with zero attached hydrogens (tertiary/aromatic N) is 2. The largest absolute Gasteiger partial charge is 0.265 e. The maximum absolute atomic E-state index is 13.0. The van der Waals surface area contributed by atoms with Gasteiger partial charge in [0, 0.05) is 18.3 Å². The van der Waals surface area contributed by atoms with Crippen molar-refractivity contribution in [1.82, 2.24) is 4.98 Å². The Balaban J connectivity index is 2.01. The highest BCUT2D eigenvalue weighted by atomic mass is 32.2. The Hall–Kier alpha value is -2.97. The number of hydrogen-bond donors (Lipinski definition) is 0. The zero-order valence-electron chi connectivity index (χ0n) is 14.3. The van der Waals surface area contributed by atoms with Crippen LogP contribution < -0.4 is 0 Å². The van der Waals surface area contributed by atoms with Crippen molar-refractivity contribution in [2.75, 3.05) is 5.75 Å². The zero-order chi connectivity index (χ0) is 18.6. The van der Waals surface area contributed by atoms with E-state index in [1.165, 1.54) is 0 Å². The number of pyridine rings is 1. The Bertz CT molecular complexity index is 1020. The quantitative estimate of drug-likeness (QED) is 0.691. The molecule has 4 nitrogen and oxygen atoms in total. The van der Waals surface area contributed by atoms with Crippen LogP contribution in [0.5, 0.6) is 0 Å². The lowest BCUT2D eigenvalue weighted by Crippen LogP contribution is -2.16. The summed E-state index contributed by atoms with van der Waals surface area (Å²) in [6.45, 7) is 1.92. The Morgan fingerprint density at radius 3 is 2.08 bits per heavy atom. The van der Waals surface area contributed by atoms with Crippen LogP contribution in [0.1, 0.15) is 28.2 Å². The average molecular weight is 362 g/mol. The minimum Gasteiger partial charge on any atom is -0.265 e. The number of aryl methyl sites for hydroxylation is 1. The van der Waals surface area contributed by atoms with Crippen molar-refractivity contribution in [3.05, 3.63) is 95.3 Å². The van der Waals surface area contributed by atoms with Gasteiger partial charge in [-0.05, 0) is 54.4 Å². The molecule has 3 rings (SSSR count). The number of rotatable bonds is 5. The predicted octanol–water partition coefficient (Wildman–Crippen LogP) is 3.87. The molecule has 1 aromatic heterocycles. The van der Waals surface area contributed by atoms with Crippen molar-refractivity contribution in [2.45, 2.75) is 17.7 Å². The first-order valence-corrected chi connectivity index (χ1v) is 9.84. The van der Waals surface area contributed by atoms with Gasteiger partial charge in [-0.25, -0.2) is 8.42 Å². The van der Waals surface area contributed by atoms with Gasteiger partial charge in [0.1, 0.15) is 0 Å². The second-order valence-corrected chi connectivity index (χ2v) is 8.20. The van der Waals surface area contributed by atoms with Crippen LogP contribution in [0.4, 0.5) is 0 Å². The van der Waals surface area contributed by atoms with E-state index in [4.69, 9.17) is 5.26 Å². The van der Waals surface area contributed by atoms with Gasteiger partial charge in [-0.1, -0.05) is 29.8 Å². The molecule has 0 aliphatic carbocycles. The smallest absolute Gasteiger partial charge is 0.179 e.